The first-order chi connectivity index (χ1) is 5.29. The van der Waals surface area contributed by atoms with E-state index in [4.69, 9.17) is 5.73 Å². The van der Waals surface area contributed by atoms with Gasteiger partial charge >= 0.3 is 0 Å². The Kier molecular flexibility index (Phi) is 3.04. The molecule has 0 aliphatic carbocycles. The van der Waals surface area contributed by atoms with E-state index in [1.807, 2.05) is 5.38 Å². The Bertz CT molecular complexity index is 224. The van der Waals surface area contributed by atoms with Crippen LogP contribution >= 0.6 is 11.3 Å². The van der Waals surface area contributed by atoms with E-state index in [9.17, 15) is 0 Å². The summed E-state index contributed by atoms with van der Waals surface area (Å²) in [6, 6.07) is 0. The van der Waals surface area contributed by atoms with Gasteiger partial charge in [0.25, 0.3) is 0 Å². The lowest BCUT2D eigenvalue weighted by atomic mass is 10.4. The van der Waals surface area contributed by atoms with Gasteiger partial charge < -0.3 is 5.73 Å². The lowest BCUT2D eigenvalue weighted by molar-refractivity contribution is 0.949. The van der Waals surface area contributed by atoms with Gasteiger partial charge in [-0.1, -0.05) is 0 Å². The summed E-state index contributed by atoms with van der Waals surface area (Å²) < 4.78 is 0. The number of nitrogens with two attached hydrogens (primary N) is 1. The highest BCUT2D eigenvalue weighted by atomic mass is 32.1. The summed E-state index contributed by atoms with van der Waals surface area (Å²) in [5.41, 5.74) is 5.36. The number of hydrogen-bond donors (Lipinski definition) is 1. The predicted molar refractivity (Wildman–Crippen MR) is 48.0 cm³/mol. The standard InChI is InChI=1S/C7H11N3S/c1-6(8)9-3-2-7-10-4-5-11-7/h4-5H,2-3H2,1H3,(H2,8,9). The lowest BCUT2D eigenvalue weighted by Gasteiger charge is -1.91. The van der Waals surface area contributed by atoms with Crippen LogP contribution in [0.1, 0.15) is 11.9 Å². The molecule has 0 bridgehead atoms. The van der Waals surface area contributed by atoms with Gasteiger partial charge in [-0.25, -0.2) is 4.98 Å². The van der Waals surface area contributed by atoms with Crippen LogP contribution in [-0.2, 0) is 6.42 Å². The average Bonchev–Trinajstić information content (AvgIpc) is 2.39. The third-order valence-electron chi connectivity index (χ3n) is 1.17. The van der Waals surface area contributed by atoms with Crippen LogP contribution in [0, 0.1) is 0 Å². The minimum atomic E-state index is 0.640. The number of rotatable bonds is 3. The predicted octanol–water partition coefficient (Wildman–Crippen LogP) is 1.06. The molecule has 0 saturated heterocycles. The zero-order valence-corrected chi connectivity index (χ0v) is 7.27. The van der Waals surface area contributed by atoms with Crippen LogP contribution in [0.25, 0.3) is 0 Å². The summed E-state index contributed by atoms with van der Waals surface area (Å²) in [4.78, 5) is 8.18. The molecular formula is C7H11N3S. The second kappa shape index (κ2) is 4.08. The second-order valence-electron chi connectivity index (χ2n) is 2.20. The third kappa shape index (κ3) is 3.13. The van der Waals surface area contributed by atoms with Gasteiger partial charge in [0.05, 0.1) is 10.8 Å². The van der Waals surface area contributed by atoms with E-state index < -0.39 is 0 Å². The van der Waals surface area contributed by atoms with Crippen LogP contribution in [0.5, 0.6) is 0 Å². The molecule has 1 heterocycles. The first kappa shape index (κ1) is 8.20. The van der Waals surface area contributed by atoms with Crippen LogP contribution < -0.4 is 5.73 Å². The molecule has 0 radical (unpaired) electrons. The number of nitrogens with zero attached hydrogens (tertiary/aromatic N) is 2. The number of thiazole rings is 1. The first-order valence-electron chi connectivity index (χ1n) is 3.44. The quantitative estimate of drug-likeness (QED) is 0.543. The number of hydrogen-bond acceptors (Lipinski definition) is 3. The van der Waals surface area contributed by atoms with Gasteiger partial charge in [0.1, 0.15) is 0 Å². The third-order valence-corrected chi connectivity index (χ3v) is 2.01. The minimum Gasteiger partial charge on any atom is -0.388 e. The van der Waals surface area contributed by atoms with Gasteiger partial charge in [-0.05, 0) is 6.92 Å². The molecule has 0 fully saturated rings. The Morgan fingerprint density at radius 3 is 3.18 bits per heavy atom. The van der Waals surface area contributed by atoms with Crippen LogP contribution in [0.3, 0.4) is 0 Å². The van der Waals surface area contributed by atoms with Crippen molar-refractivity contribution in [3.05, 3.63) is 16.6 Å². The van der Waals surface area contributed by atoms with Crippen LogP contribution in [0.4, 0.5) is 0 Å². The SMILES string of the molecule is CC(N)=NCCc1nccs1. The zero-order chi connectivity index (χ0) is 8.10. The summed E-state index contributed by atoms with van der Waals surface area (Å²) in [5.74, 6) is 0.640. The van der Waals surface area contributed by atoms with E-state index in [0.29, 0.717) is 5.84 Å². The molecule has 0 unspecified atom stereocenters. The van der Waals surface area contributed by atoms with Crippen molar-refractivity contribution in [3.63, 3.8) is 0 Å². The lowest BCUT2D eigenvalue weighted by Crippen LogP contribution is -2.06. The second-order valence-corrected chi connectivity index (χ2v) is 3.18. The number of aromatic nitrogens is 1. The molecule has 1 rings (SSSR count). The van der Waals surface area contributed by atoms with E-state index >= 15 is 0 Å². The van der Waals surface area contributed by atoms with Crippen LogP contribution in [0.15, 0.2) is 16.6 Å². The maximum atomic E-state index is 5.36. The molecule has 3 nitrogen and oxygen atoms in total. The van der Waals surface area contributed by atoms with E-state index in [0.717, 1.165) is 18.0 Å². The molecular weight excluding hydrogens is 158 g/mol. The Morgan fingerprint density at radius 1 is 1.82 bits per heavy atom. The van der Waals surface area contributed by atoms with Crippen molar-refractivity contribution in [2.75, 3.05) is 6.54 Å². The van der Waals surface area contributed by atoms with E-state index in [1.54, 1.807) is 24.5 Å². The van der Waals surface area contributed by atoms with Crippen molar-refractivity contribution in [3.8, 4) is 0 Å². The fourth-order valence-electron chi connectivity index (χ4n) is 0.704. The Hall–Kier alpha value is -0.900. The van der Waals surface area contributed by atoms with Crippen molar-refractivity contribution < 1.29 is 0 Å². The van der Waals surface area contributed by atoms with Gasteiger partial charge in [-0.2, -0.15) is 0 Å². The van der Waals surface area contributed by atoms with Gasteiger partial charge in [0.15, 0.2) is 0 Å². The number of amidine groups is 1. The van der Waals surface area contributed by atoms with Crippen molar-refractivity contribution in [1.29, 1.82) is 0 Å². The molecule has 2 N–H and O–H groups in total. The largest absolute Gasteiger partial charge is 0.388 e. The van der Waals surface area contributed by atoms with Crippen LogP contribution in [-0.4, -0.2) is 17.4 Å². The highest BCUT2D eigenvalue weighted by molar-refractivity contribution is 7.09. The minimum absolute atomic E-state index is 0.640. The van der Waals surface area contributed by atoms with Crippen LogP contribution in [0.2, 0.25) is 0 Å². The Balaban J connectivity index is 2.30. The maximum absolute atomic E-state index is 5.36. The molecule has 0 amide bonds. The molecule has 0 spiro atoms. The molecule has 0 aliphatic rings. The summed E-state index contributed by atoms with van der Waals surface area (Å²) in [6.45, 7) is 2.54. The summed E-state index contributed by atoms with van der Waals surface area (Å²) in [7, 11) is 0. The Morgan fingerprint density at radius 2 is 2.64 bits per heavy atom. The summed E-state index contributed by atoms with van der Waals surface area (Å²) in [5, 5.41) is 3.09. The summed E-state index contributed by atoms with van der Waals surface area (Å²) in [6.07, 6.45) is 2.70. The van der Waals surface area contributed by atoms with Gasteiger partial charge in [0.2, 0.25) is 0 Å². The topological polar surface area (TPSA) is 51.3 Å². The van der Waals surface area contributed by atoms with Gasteiger partial charge in [-0.15, -0.1) is 11.3 Å². The first-order valence-corrected chi connectivity index (χ1v) is 4.32. The molecule has 60 valence electrons. The van der Waals surface area contributed by atoms with Crippen molar-refractivity contribution >= 4 is 17.2 Å². The maximum Gasteiger partial charge on any atom is 0.0943 e. The fraction of sp³-hybridized carbons (Fsp3) is 0.429. The smallest absolute Gasteiger partial charge is 0.0943 e. The van der Waals surface area contributed by atoms with Crippen molar-refractivity contribution in [2.45, 2.75) is 13.3 Å². The van der Waals surface area contributed by atoms with E-state index in [1.165, 1.54) is 0 Å². The highest BCUT2D eigenvalue weighted by Crippen LogP contribution is 2.03. The summed E-state index contributed by atoms with van der Waals surface area (Å²) >= 11 is 1.65. The molecule has 11 heavy (non-hydrogen) atoms. The average molecular weight is 169 g/mol. The number of aliphatic imine (C=N–C) groups is 1. The normalized spacial score (nSPS) is 11.9. The van der Waals surface area contributed by atoms with E-state index in [-0.39, 0.29) is 0 Å². The molecule has 4 heteroatoms. The zero-order valence-electron chi connectivity index (χ0n) is 6.45. The Labute approximate surface area is 70.0 Å². The van der Waals surface area contributed by atoms with Gasteiger partial charge in [-0.3, -0.25) is 4.99 Å². The highest BCUT2D eigenvalue weighted by Gasteiger charge is 1.92. The molecule has 1 aromatic heterocycles. The molecule has 0 aliphatic heterocycles. The van der Waals surface area contributed by atoms with Gasteiger partial charge in [0, 0.05) is 24.5 Å². The molecule has 0 aromatic carbocycles. The van der Waals surface area contributed by atoms with E-state index in [2.05, 4.69) is 9.98 Å². The van der Waals surface area contributed by atoms with Crippen molar-refractivity contribution in [1.82, 2.24) is 4.98 Å². The monoisotopic (exact) mass is 169 g/mol. The molecule has 0 atom stereocenters. The van der Waals surface area contributed by atoms with Crippen molar-refractivity contribution in [2.24, 2.45) is 10.7 Å². The molecule has 1 aromatic rings. The fourth-order valence-corrected chi connectivity index (χ4v) is 1.31. The molecule has 0 saturated carbocycles.